The number of alkyl halides is 1. The maximum absolute atomic E-state index is 6.05. The minimum atomic E-state index is 0.0799. The summed E-state index contributed by atoms with van der Waals surface area (Å²) in [5.74, 6) is 0. The van der Waals surface area contributed by atoms with Crippen LogP contribution in [0.3, 0.4) is 0 Å². The van der Waals surface area contributed by atoms with Crippen molar-refractivity contribution in [2.45, 2.75) is 25.3 Å². The maximum Gasteiger partial charge on any atom is 0.0658 e. The van der Waals surface area contributed by atoms with Crippen molar-refractivity contribution >= 4 is 11.6 Å². The van der Waals surface area contributed by atoms with Crippen LogP contribution in [0.15, 0.2) is 12.4 Å². The molecule has 0 fully saturated rings. The molecule has 0 radical (unpaired) electrons. The summed E-state index contributed by atoms with van der Waals surface area (Å²) in [6.07, 6.45) is 4.72. The number of aromatic nitrogens is 2. The quantitative estimate of drug-likeness (QED) is 0.685. The Kier molecular flexibility index (Phi) is 4.25. The van der Waals surface area contributed by atoms with Crippen LogP contribution in [0.5, 0.6) is 0 Å². The van der Waals surface area contributed by atoms with E-state index in [1.54, 1.807) is 7.11 Å². The van der Waals surface area contributed by atoms with Gasteiger partial charge in [-0.05, 0) is 6.42 Å². The van der Waals surface area contributed by atoms with E-state index in [2.05, 4.69) is 12.0 Å². The van der Waals surface area contributed by atoms with Gasteiger partial charge in [0.05, 0.1) is 24.7 Å². The van der Waals surface area contributed by atoms with Crippen LogP contribution >= 0.6 is 11.6 Å². The standard InChI is InChI=1S/C9H15ClN2O/c1-3-9(10)8-6-11-12(7-8)4-5-13-2/h6-7,9H,3-5H2,1-2H3. The number of hydrogen-bond acceptors (Lipinski definition) is 2. The number of rotatable bonds is 5. The fraction of sp³-hybridized carbons (Fsp3) is 0.667. The van der Waals surface area contributed by atoms with E-state index in [0.29, 0.717) is 6.61 Å². The van der Waals surface area contributed by atoms with Gasteiger partial charge in [0.15, 0.2) is 0 Å². The first-order valence-corrected chi connectivity index (χ1v) is 4.87. The van der Waals surface area contributed by atoms with Gasteiger partial charge in [-0.3, -0.25) is 4.68 Å². The van der Waals surface area contributed by atoms with Crippen molar-refractivity contribution in [1.82, 2.24) is 9.78 Å². The predicted molar refractivity (Wildman–Crippen MR) is 53.0 cm³/mol. The maximum atomic E-state index is 6.05. The number of hydrogen-bond donors (Lipinski definition) is 0. The van der Waals surface area contributed by atoms with Crippen LogP contribution in [-0.2, 0) is 11.3 Å². The first-order valence-electron chi connectivity index (χ1n) is 4.43. The normalized spacial score (nSPS) is 13.2. The third-order valence-corrected chi connectivity index (χ3v) is 2.46. The molecule has 0 saturated heterocycles. The van der Waals surface area contributed by atoms with Crippen molar-refractivity contribution in [3.8, 4) is 0 Å². The molecule has 1 aromatic heterocycles. The fourth-order valence-electron chi connectivity index (χ4n) is 1.08. The first-order chi connectivity index (χ1) is 6.27. The molecule has 0 aliphatic rings. The lowest BCUT2D eigenvalue weighted by Crippen LogP contribution is -2.03. The molecule has 0 amide bonds. The monoisotopic (exact) mass is 202 g/mol. The van der Waals surface area contributed by atoms with Gasteiger partial charge < -0.3 is 4.74 Å². The van der Waals surface area contributed by atoms with E-state index in [9.17, 15) is 0 Å². The average molecular weight is 203 g/mol. The zero-order valence-corrected chi connectivity index (χ0v) is 8.79. The Bertz CT molecular complexity index is 250. The fourth-order valence-corrected chi connectivity index (χ4v) is 1.20. The summed E-state index contributed by atoms with van der Waals surface area (Å²) < 4.78 is 6.80. The lowest BCUT2D eigenvalue weighted by atomic mass is 10.2. The summed E-state index contributed by atoms with van der Waals surface area (Å²) in [4.78, 5) is 0. The second-order valence-corrected chi connectivity index (χ2v) is 3.43. The Morgan fingerprint density at radius 1 is 1.69 bits per heavy atom. The Balaban J connectivity index is 2.53. The zero-order chi connectivity index (χ0) is 9.68. The minimum Gasteiger partial charge on any atom is -0.383 e. The van der Waals surface area contributed by atoms with E-state index < -0.39 is 0 Å². The van der Waals surface area contributed by atoms with Crippen LogP contribution in [-0.4, -0.2) is 23.5 Å². The summed E-state index contributed by atoms with van der Waals surface area (Å²) >= 11 is 6.05. The van der Waals surface area contributed by atoms with Crippen molar-refractivity contribution in [2.24, 2.45) is 0 Å². The molecule has 0 spiro atoms. The largest absolute Gasteiger partial charge is 0.383 e. The van der Waals surface area contributed by atoms with Crippen molar-refractivity contribution < 1.29 is 4.74 Å². The highest BCUT2D eigenvalue weighted by Gasteiger charge is 2.07. The molecule has 0 N–H and O–H groups in total. The van der Waals surface area contributed by atoms with Gasteiger partial charge in [-0.15, -0.1) is 11.6 Å². The SMILES string of the molecule is CCC(Cl)c1cnn(CCOC)c1. The molecule has 74 valence electrons. The summed E-state index contributed by atoms with van der Waals surface area (Å²) in [6, 6.07) is 0. The molecule has 13 heavy (non-hydrogen) atoms. The molecule has 0 saturated carbocycles. The summed E-state index contributed by atoms with van der Waals surface area (Å²) in [6.45, 7) is 3.52. The van der Waals surface area contributed by atoms with E-state index in [0.717, 1.165) is 18.5 Å². The van der Waals surface area contributed by atoms with Crippen LogP contribution in [0.4, 0.5) is 0 Å². The summed E-state index contributed by atoms with van der Waals surface area (Å²) in [5, 5.41) is 4.25. The highest BCUT2D eigenvalue weighted by Crippen LogP contribution is 2.22. The number of halogens is 1. The molecular weight excluding hydrogens is 188 g/mol. The molecule has 1 rings (SSSR count). The van der Waals surface area contributed by atoms with Crippen molar-refractivity contribution in [3.05, 3.63) is 18.0 Å². The Morgan fingerprint density at radius 2 is 2.46 bits per heavy atom. The molecule has 1 unspecified atom stereocenters. The molecule has 0 aliphatic heterocycles. The Hall–Kier alpha value is -0.540. The number of methoxy groups -OCH3 is 1. The predicted octanol–water partition coefficient (Wildman–Crippen LogP) is 2.22. The van der Waals surface area contributed by atoms with Gasteiger partial charge in [-0.1, -0.05) is 6.92 Å². The average Bonchev–Trinajstić information content (AvgIpc) is 2.62. The van der Waals surface area contributed by atoms with E-state index in [1.165, 1.54) is 0 Å². The molecule has 1 aromatic rings. The first kappa shape index (κ1) is 10.5. The van der Waals surface area contributed by atoms with Crippen molar-refractivity contribution in [3.63, 3.8) is 0 Å². The van der Waals surface area contributed by atoms with Crippen LogP contribution in [0.25, 0.3) is 0 Å². The third-order valence-electron chi connectivity index (χ3n) is 1.90. The lowest BCUT2D eigenvalue weighted by Gasteiger charge is -2.01. The number of ether oxygens (including phenoxy) is 1. The van der Waals surface area contributed by atoms with Gasteiger partial charge in [-0.25, -0.2) is 0 Å². The van der Waals surface area contributed by atoms with Crippen molar-refractivity contribution in [1.29, 1.82) is 0 Å². The Labute approximate surface area is 83.6 Å². The van der Waals surface area contributed by atoms with Crippen LogP contribution < -0.4 is 0 Å². The van der Waals surface area contributed by atoms with E-state index in [1.807, 2.05) is 17.1 Å². The molecule has 1 heterocycles. The smallest absolute Gasteiger partial charge is 0.0658 e. The minimum absolute atomic E-state index is 0.0799. The zero-order valence-electron chi connectivity index (χ0n) is 8.03. The lowest BCUT2D eigenvalue weighted by molar-refractivity contribution is 0.183. The Morgan fingerprint density at radius 3 is 3.08 bits per heavy atom. The highest BCUT2D eigenvalue weighted by molar-refractivity contribution is 6.20. The van der Waals surface area contributed by atoms with E-state index in [-0.39, 0.29) is 5.38 Å². The summed E-state index contributed by atoms with van der Waals surface area (Å²) in [5.41, 5.74) is 1.08. The van der Waals surface area contributed by atoms with Gasteiger partial charge in [0, 0.05) is 18.9 Å². The van der Waals surface area contributed by atoms with Gasteiger partial charge >= 0.3 is 0 Å². The van der Waals surface area contributed by atoms with Gasteiger partial charge in [-0.2, -0.15) is 5.10 Å². The van der Waals surface area contributed by atoms with Crippen molar-refractivity contribution in [2.75, 3.05) is 13.7 Å². The van der Waals surface area contributed by atoms with Crippen LogP contribution in [0.2, 0.25) is 0 Å². The van der Waals surface area contributed by atoms with E-state index >= 15 is 0 Å². The highest BCUT2D eigenvalue weighted by atomic mass is 35.5. The van der Waals surface area contributed by atoms with Gasteiger partial charge in [0.1, 0.15) is 0 Å². The number of nitrogens with zero attached hydrogens (tertiary/aromatic N) is 2. The van der Waals surface area contributed by atoms with Crippen LogP contribution in [0.1, 0.15) is 24.3 Å². The topological polar surface area (TPSA) is 27.1 Å². The van der Waals surface area contributed by atoms with Gasteiger partial charge in [0.25, 0.3) is 0 Å². The molecule has 3 nitrogen and oxygen atoms in total. The second-order valence-electron chi connectivity index (χ2n) is 2.91. The third kappa shape index (κ3) is 3.01. The molecule has 0 aliphatic carbocycles. The van der Waals surface area contributed by atoms with Crippen LogP contribution in [0, 0.1) is 0 Å². The molecule has 0 bridgehead atoms. The van der Waals surface area contributed by atoms with E-state index in [4.69, 9.17) is 16.3 Å². The second kappa shape index (κ2) is 5.25. The molecular formula is C9H15ClN2O. The summed E-state index contributed by atoms with van der Waals surface area (Å²) in [7, 11) is 1.68. The molecule has 0 aromatic carbocycles. The molecule has 4 heteroatoms. The molecule has 1 atom stereocenters. The van der Waals surface area contributed by atoms with Gasteiger partial charge in [0.2, 0.25) is 0 Å².